The first-order chi connectivity index (χ1) is 9.08. The summed E-state index contributed by atoms with van der Waals surface area (Å²) in [7, 11) is 0. The van der Waals surface area contributed by atoms with Gasteiger partial charge in [0.05, 0.1) is 10.6 Å². The van der Waals surface area contributed by atoms with Gasteiger partial charge in [-0.3, -0.25) is 4.79 Å². The van der Waals surface area contributed by atoms with Crippen molar-refractivity contribution in [2.45, 2.75) is 13.0 Å². The van der Waals surface area contributed by atoms with E-state index in [-0.39, 0.29) is 11.9 Å². The average Bonchev–Trinajstić information content (AvgIpc) is 2.39. The van der Waals surface area contributed by atoms with E-state index in [2.05, 4.69) is 5.32 Å². The number of nitrogens with one attached hydrogen (secondary N) is 1. The average molecular weight is 275 g/mol. The van der Waals surface area contributed by atoms with Crippen LogP contribution < -0.4 is 11.1 Å². The first kappa shape index (κ1) is 13.6. The van der Waals surface area contributed by atoms with Crippen molar-refractivity contribution in [2.75, 3.05) is 5.32 Å². The van der Waals surface area contributed by atoms with Gasteiger partial charge in [0.15, 0.2) is 0 Å². The molecule has 0 aromatic heterocycles. The second-order valence-electron chi connectivity index (χ2n) is 4.34. The van der Waals surface area contributed by atoms with E-state index in [1.165, 1.54) is 0 Å². The Morgan fingerprint density at radius 3 is 2.37 bits per heavy atom. The number of nitrogens with two attached hydrogens (primary N) is 1. The van der Waals surface area contributed by atoms with E-state index in [1.807, 2.05) is 31.2 Å². The van der Waals surface area contributed by atoms with Crippen LogP contribution in [0.1, 0.15) is 28.9 Å². The lowest BCUT2D eigenvalue weighted by molar-refractivity contribution is 0.102. The topological polar surface area (TPSA) is 55.1 Å². The van der Waals surface area contributed by atoms with Crippen LogP contribution in [0.5, 0.6) is 0 Å². The predicted molar refractivity (Wildman–Crippen MR) is 78.4 cm³/mol. The van der Waals surface area contributed by atoms with Crippen molar-refractivity contribution in [2.24, 2.45) is 5.73 Å². The maximum Gasteiger partial charge on any atom is 0.257 e. The van der Waals surface area contributed by atoms with Crippen LogP contribution in [-0.2, 0) is 0 Å². The summed E-state index contributed by atoms with van der Waals surface area (Å²) in [4.78, 5) is 12.0. The summed E-state index contributed by atoms with van der Waals surface area (Å²) in [6.07, 6.45) is 0. The van der Waals surface area contributed by atoms with Gasteiger partial charge in [0.1, 0.15) is 0 Å². The van der Waals surface area contributed by atoms with Crippen molar-refractivity contribution < 1.29 is 4.79 Å². The van der Waals surface area contributed by atoms with E-state index in [1.54, 1.807) is 24.3 Å². The summed E-state index contributed by atoms with van der Waals surface area (Å²) < 4.78 is 0. The van der Waals surface area contributed by atoms with Crippen LogP contribution in [0.2, 0.25) is 5.02 Å². The highest BCUT2D eigenvalue weighted by Gasteiger charge is 2.09. The lowest BCUT2D eigenvalue weighted by atomic mass is 10.1. The SMILES string of the molecule is CC(N)c1ccc(NC(=O)c2ccccc2Cl)cc1. The van der Waals surface area contributed by atoms with Gasteiger partial charge >= 0.3 is 0 Å². The van der Waals surface area contributed by atoms with E-state index in [0.717, 1.165) is 5.56 Å². The molecule has 4 heteroatoms. The van der Waals surface area contributed by atoms with E-state index < -0.39 is 0 Å². The fourth-order valence-corrected chi connectivity index (χ4v) is 1.94. The van der Waals surface area contributed by atoms with Crippen molar-refractivity contribution in [3.05, 3.63) is 64.7 Å². The predicted octanol–water partition coefficient (Wildman–Crippen LogP) is 3.61. The molecule has 0 aliphatic rings. The molecule has 0 fully saturated rings. The molecule has 2 aromatic carbocycles. The number of anilines is 1. The van der Waals surface area contributed by atoms with Crippen LogP contribution in [0.25, 0.3) is 0 Å². The zero-order valence-corrected chi connectivity index (χ0v) is 11.3. The molecule has 3 nitrogen and oxygen atoms in total. The Morgan fingerprint density at radius 1 is 1.16 bits per heavy atom. The molecule has 3 N–H and O–H groups in total. The van der Waals surface area contributed by atoms with Gasteiger partial charge in [0.2, 0.25) is 0 Å². The van der Waals surface area contributed by atoms with Gasteiger partial charge in [0.25, 0.3) is 5.91 Å². The smallest absolute Gasteiger partial charge is 0.257 e. The third kappa shape index (κ3) is 3.34. The highest BCUT2D eigenvalue weighted by Crippen LogP contribution is 2.18. The van der Waals surface area contributed by atoms with Gasteiger partial charge < -0.3 is 11.1 Å². The molecule has 0 aliphatic heterocycles. The van der Waals surface area contributed by atoms with Crippen LogP contribution >= 0.6 is 11.6 Å². The maximum absolute atomic E-state index is 12.0. The number of carbonyl (C=O) groups is 1. The fourth-order valence-electron chi connectivity index (χ4n) is 1.71. The monoisotopic (exact) mass is 274 g/mol. The standard InChI is InChI=1S/C15H15ClN2O/c1-10(17)11-6-8-12(9-7-11)18-15(19)13-4-2-3-5-14(13)16/h2-10H,17H2,1H3,(H,18,19). The van der Waals surface area contributed by atoms with Gasteiger partial charge in [-0.05, 0) is 36.8 Å². The van der Waals surface area contributed by atoms with Crippen LogP contribution in [0.4, 0.5) is 5.69 Å². The lowest BCUT2D eigenvalue weighted by Crippen LogP contribution is -2.12. The first-order valence-electron chi connectivity index (χ1n) is 5.99. The third-order valence-corrected chi connectivity index (χ3v) is 3.14. The van der Waals surface area contributed by atoms with Crippen LogP contribution in [0, 0.1) is 0 Å². The number of halogens is 1. The normalized spacial score (nSPS) is 11.9. The van der Waals surface area contributed by atoms with Crippen molar-refractivity contribution in [3.8, 4) is 0 Å². The molecule has 1 unspecified atom stereocenters. The van der Waals surface area contributed by atoms with Gasteiger partial charge in [-0.1, -0.05) is 35.9 Å². The molecule has 1 atom stereocenters. The largest absolute Gasteiger partial charge is 0.324 e. The quantitative estimate of drug-likeness (QED) is 0.898. The second kappa shape index (κ2) is 5.87. The molecule has 98 valence electrons. The molecule has 0 aliphatic carbocycles. The van der Waals surface area contributed by atoms with Crippen molar-refractivity contribution in [1.82, 2.24) is 0 Å². The number of hydrogen-bond donors (Lipinski definition) is 2. The molecule has 1 amide bonds. The number of hydrogen-bond acceptors (Lipinski definition) is 2. The van der Waals surface area contributed by atoms with Crippen molar-refractivity contribution in [3.63, 3.8) is 0 Å². The molecule has 19 heavy (non-hydrogen) atoms. The lowest BCUT2D eigenvalue weighted by Gasteiger charge is -2.09. The summed E-state index contributed by atoms with van der Waals surface area (Å²) in [6, 6.07) is 14.4. The van der Waals surface area contributed by atoms with Crippen molar-refractivity contribution in [1.29, 1.82) is 0 Å². The van der Waals surface area contributed by atoms with Gasteiger partial charge in [0, 0.05) is 11.7 Å². The number of rotatable bonds is 3. The van der Waals surface area contributed by atoms with E-state index in [0.29, 0.717) is 16.3 Å². The molecule has 0 bridgehead atoms. The fraction of sp³-hybridized carbons (Fsp3) is 0.133. The molecular weight excluding hydrogens is 260 g/mol. The molecule has 0 saturated carbocycles. The van der Waals surface area contributed by atoms with Crippen LogP contribution in [0.3, 0.4) is 0 Å². The summed E-state index contributed by atoms with van der Waals surface area (Å²) in [5.41, 5.74) is 7.97. The molecule has 2 aromatic rings. The Hall–Kier alpha value is -1.84. The first-order valence-corrected chi connectivity index (χ1v) is 6.37. The molecule has 2 rings (SSSR count). The Bertz CT molecular complexity index is 579. The Kier molecular flexibility index (Phi) is 4.20. The summed E-state index contributed by atoms with van der Waals surface area (Å²) >= 11 is 5.97. The van der Waals surface area contributed by atoms with E-state index in [4.69, 9.17) is 17.3 Å². The molecule has 0 spiro atoms. The zero-order valence-electron chi connectivity index (χ0n) is 10.6. The third-order valence-electron chi connectivity index (χ3n) is 2.81. The number of benzene rings is 2. The van der Waals surface area contributed by atoms with Crippen molar-refractivity contribution >= 4 is 23.2 Å². The maximum atomic E-state index is 12.0. The summed E-state index contributed by atoms with van der Waals surface area (Å²) in [6.45, 7) is 1.91. The highest BCUT2D eigenvalue weighted by molar-refractivity contribution is 6.34. The molecular formula is C15H15ClN2O. The Labute approximate surface area is 117 Å². The zero-order chi connectivity index (χ0) is 13.8. The van der Waals surface area contributed by atoms with Crippen LogP contribution in [-0.4, -0.2) is 5.91 Å². The minimum absolute atomic E-state index is 0.0201. The van der Waals surface area contributed by atoms with Gasteiger partial charge in [-0.25, -0.2) is 0 Å². The summed E-state index contributed by atoms with van der Waals surface area (Å²) in [5.74, 6) is -0.223. The van der Waals surface area contributed by atoms with Gasteiger partial charge in [-0.15, -0.1) is 0 Å². The minimum Gasteiger partial charge on any atom is -0.324 e. The number of amides is 1. The Morgan fingerprint density at radius 2 is 1.79 bits per heavy atom. The van der Waals surface area contributed by atoms with Gasteiger partial charge in [-0.2, -0.15) is 0 Å². The van der Waals surface area contributed by atoms with E-state index >= 15 is 0 Å². The number of carbonyl (C=O) groups excluding carboxylic acids is 1. The molecule has 0 radical (unpaired) electrons. The molecule has 0 heterocycles. The molecule has 0 saturated heterocycles. The van der Waals surface area contributed by atoms with Crippen LogP contribution in [0.15, 0.2) is 48.5 Å². The summed E-state index contributed by atoms with van der Waals surface area (Å²) in [5, 5.41) is 3.24. The Balaban J connectivity index is 2.13. The highest BCUT2D eigenvalue weighted by atomic mass is 35.5. The van der Waals surface area contributed by atoms with E-state index in [9.17, 15) is 4.79 Å². The minimum atomic E-state index is -0.223. The second-order valence-corrected chi connectivity index (χ2v) is 4.75.